The molecule has 0 saturated carbocycles. The van der Waals surface area contributed by atoms with Gasteiger partial charge in [0.25, 0.3) is 0 Å². The number of sulfonamides is 1. The van der Waals surface area contributed by atoms with Gasteiger partial charge in [-0.15, -0.1) is 0 Å². The molecule has 5 nitrogen and oxygen atoms in total. The Bertz CT molecular complexity index is 1060. The summed E-state index contributed by atoms with van der Waals surface area (Å²) in [4.78, 5) is 12.5. The second-order valence-corrected chi connectivity index (χ2v) is 8.65. The van der Waals surface area contributed by atoms with Crippen LogP contribution in [0, 0.1) is 0 Å². The molecular formula is C19H17BrN2O3S. The van der Waals surface area contributed by atoms with Crippen LogP contribution in [0.25, 0.3) is 10.8 Å². The third kappa shape index (κ3) is 4.23. The summed E-state index contributed by atoms with van der Waals surface area (Å²) in [6.45, 7) is -0.307. The Kier molecular flexibility index (Phi) is 5.29. The molecule has 0 atom stereocenters. The van der Waals surface area contributed by atoms with Crippen molar-refractivity contribution in [3.05, 3.63) is 71.2 Å². The molecule has 3 rings (SSSR count). The number of benzene rings is 3. The molecule has 0 spiro atoms. The van der Waals surface area contributed by atoms with Crippen LogP contribution in [0.3, 0.4) is 0 Å². The lowest BCUT2D eigenvalue weighted by atomic mass is 10.1. The zero-order valence-electron chi connectivity index (χ0n) is 14.0. The minimum Gasteiger partial charge on any atom is -0.324 e. The number of hydrogen-bond acceptors (Lipinski definition) is 3. The molecule has 7 heteroatoms. The smallest absolute Gasteiger partial charge is 0.245 e. The number of fused-ring (bicyclic) bond motifs is 1. The minimum absolute atomic E-state index is 0.307. The molecule has 26 heavy (non-hydrogen) atoms. The third-order valence-electron chi connectivity index (χ3n) is 3.85. The molecule has 1 amide bonds. The summed E-state index contributed by atoms with van der Waals surface area (Å²) >= 11 is 3.32. The molecule has 1 N–H and O–H groups in total. The van der Waals surface area contributed by atoms with Crippen LogP contribution < -0.4 is 9.62 Å². The fraction of sp³-hybridized carbons (Fsp3) is 0.105. The normalized spacial score (nSPS) is 11.3. The van der Waals surface area contributed by atoms with Gasteiger partial charge in [-0.05, 0) is 29.7 Å². The van der Waals surface area contributed by atoms with E-state index in [0.717, 1.165) is 25.8 Å². The quantitative estimate of drug-likeness (QED) is 0.662. The molecule has 0 radical (unpaired) electrons. The molecule has 3 aromatic carbocycles. The van der Waals surface area contributed by atoms with Crippen LogP contribution >= 0.6 is 15.9 Å². The molecule has 0 aliphatic rings. The van der Waals surface area contributed by atoms with Crippen LogP contribution in [0.15, 0.2) is 71.2 Å². The highest BCUT2D eigenvalue weighted by Gasteiger charge is 2.21. The van der Waals surface area contributed by atoms with Crippen molar-refractivity contribution in [3.63, 3.8) is 0 Å². The Morgan fingerprint density at radius 3 is 2.46 bits per heavy atom. The summed E-state index contributed by atoms with van der Waals surface area (Å²) in [6, 6.07) is 20.1. The predicted octanol–water partition coefficient (Wildman–Crippen LogP) is 4.01. The van der Waals surface area contributed by atoms with Crippen molar-refractivity contribution < 1.29 is 13.2 Å². The zero-order valence-corrected chi connectivity index (χ0v) is 16.4. The van der Waals surface area contributed by atoms with Crippen molar-refractivity contribution in [2.24, 2.45) is 0 Å². The number of nitrogens with one attached hydrogen (secondary N) is 1. The monoisotopic (exact) mass is 432 g/mol. The molecule has 0 saturated heterocycles. The van der Waals surface area contributed by atoms with Gasteiger partial charge >= 0.3 is 0 Å². The van der Waals surface area contributed by atoms with E-state index < -0.39 is 15.9 Å². The average molecular weight is 433 g/mol. The van der Waals surface area contributed by atoms with Gasteiger partial charge in [0.05, 0.1) is 11.9 Å². The Balaban J connectivity index is 1.87. The molecule has 0 unspecified atom stereocenters. The van der Waals surface area contributed by atoms with Crippen LogP contribution in [0.1, 0.15) is 0 Å². The first-order chi connectivity index (χ1) is 12.3. The van der Waals surface area contributed by atoms with Crippen molar-refractivity contribution in [1.29, 1.82) is 0 Å². The third-order valence-corrected chi connectivity index (χ3v) is 5.48. The number of nitrogens with zero attached hydrogens (tertiary/aromatic N) is 1. The van der Waals surface area contributed by atoms with Crippen LogP contribution in [0.5, 0.6) is 0 Å². The Morgan fingerprint density at radius 2 is 1.73 bits per heavy atom. The molecule has 0 heterocycles. The van der Waals surface area contributed by atoms with E-state index in [1.54, 1.807) is 30.3 Å². The molecule has 3 aromatic rings. The van der Waals surface area contributed by atoms with E-state index in [0.29, 0.717) is 11.4 Å². The van der Waals surface area contributed by atoms with Crippen LogP contribution in [0.2, 0.25) is 0 Å². The lowest BCUT2D eigenvalue weighted by molar-refractivity contribution is -0.114. The number of rotatable bonds is 5. The number of amides is 1. The van der Waals surface area contributed by atoms with Crippen LogP contribution in [-0.4, -0.2) is 27.1 Å². The number of carbonyl (C=O) groups is 1. The van der Waals surface area contributed by atoms with E-state index in [2.05, 4.69) is 21.2 Å². The van der Waals surface area contributed by atoms with E-state index in [4.69, 9.17) is 0 Å². The zero-order chi connectivity index (χ0) is 18.7. The van der Waals surface area contributed by atoms with Gasteiger partial charge in [-0.2, -0.15) is 0 Å². The van der Waals surface area contributed by atoms with Crippen LogP contribution in [0.4, 0.5) is 11.4 Å². The molecular weight excluding hydrogens is 416 g/mol. The van der Waals surface area contributed by atoms with E-state index in [1.165, 1.54) is 0 Å². The molecule has 0 bridgehead atoms. The van der Waals surface area contributed by atoms with E-state index >= 15 is 0 Å². The summed E-state index contributed by atoms with van der Waals surface area (Å²) in [7, 11) is -3.61. The summed E-state index contributed by atoms with van der Waals surface area (Å²) < 4.78 is 26.2. The second kappa shape index (κ2) is 7.47. The van der Waals surface area contributed by atoms with Crippen molar-refractivity contribution in [1.82, 2.24) is 0 Å². The summed E-state index contributed by atoms with van der Waals surface area (Å²) in [5.41, 5.74) is 1.07. The summed E-state index contributed by atoms with van der Waals surface area (Å²) in [6.07, 6.45) is 1.08. The van der Waals surface area contributed by atoms with Gasteiger partial charge in [0.1, 0.15) is 6.54 Å². The van der Waals surface area contributed by atoms with E-state index in [9.17, 15) is 13.2 Å². The first-order valence-electron chi connectivity index (χ1n) is 7.85. The molecule has 134 valence electrons. The first-order valence-corrected chi connectivity index (χ1v) is 10.5. The van der Waals surface area contributed by atoms with Gasteiger partial charge in [0.15, 0.2) is 0 Å². The number of halogens is 1. The maximum Gasteiger partial charge on any atom is 0.245 e. The largest absolute Gasteiger partial charge is 0.324 e. The maximum atomic E-state index is 12.5. The predicted molar refractivity (Wildman–Crippen MR) is 109 cm³/mol. The Labute approximate surface area is 160 Å². The number of hydrogen-bond donors (Lipinski definition) is 1. The fourth-order valence-corrected chi connectivity index (χ4v) is 3.92. The van der Waals surface area contributed by atoms with Crippen molar-refractivity contribution in [3.8, 4) is 0 Å². The van der Waals surface area contributed by atoms with Gasteiger partial charge in [-0.25, -0.2) is 8.42 Å². The SMILES string of the molecule is CS(=O)(=O)N(CC(=O)Nc1cccc2ccccc12)c1cccc(Br)c1. The van der Waals surface area contributed by atoms with Crippen LogP contribution in [-0.2, 0) is 14.8 Å². The van der Waals surface area contributed by atoms with E-state index in [1.807, 2.05) is 36.4 Å². The summed E-state index contributed by atoms with van der Waals surface area (Å²) in [5, 5.41) is 4.71. The van der Waals surface area contributed by atoms with Gasteiger partial charge in [-0.1, -0.05) is 58.4 Å². The topological polar surface area (TPSA) is 66.5 Å². The highest BCUT2D eigenvalue weighted by atomic mass is 79.9. The standard InChI is InChI=1S/C19H17BrN2O3S/c1-26(24,25)22(16-9-5-8-15(20)12-16)13-19(23)21-18-11-4-7-14-6-2-3-10-17(14)18/h2-12H,13H2,1H3,(H,21,23). The van der Waals surface area contributed by atoms with Crippen molar-refractivity contribution >= 4 is 54.0 Å². The second-order valence-electron chi connectivity index (χ2n) is 5.82. The molecule has 0 aliphatic carbocycles. The molecule has 0 aromatic heterocycles. The maximum absolute atomic E-state index is 12.5. The number of carbonyl (C=O) groups excluding carboxylic acids is 1. The average Bonchev–Trinajstić information content (AvgIpc) is 2.59. The van der Waals surface area contributed by atoms with Gasteiger partial charge in [-0.3, -0.25) is 9.10 Å². The van der Waals surface area contributed by atoms with Gasteiger partial charge < -0.3 is 5.32 Å². The fourth-order valence-electron chi connectivity index (χ4n) is 2.69. The minimum atomic E-state index is -3.61. The highest BCUT2D eigenvalue weighted by molar-refractivity contribution is 9.10. The lowest BCUT2D eigenvalue weighted by Crippen LogP contribution is -2.37. The van der Waals surface area contributed by atoms with Crippen molar-refractivity contribution in [2.75, 3.05) is 22.4 Å². The van der Waals surface area contributed by atoms with E-state index in [-0.39, 0.29) is 6.54 Å². The van der Waals surface area contributed by atoms with Gasteiger partial charge in [0, 0.05) is 15.5 Å². The first kappa shape index (κ1) is 18.4. The molecule has 0 aliphatic heterocycles. The molecule has 0 fully saturated rings. The Hall–Kier alpha value is -2.38. The lowest BCUT2D eigenvalue weighted by Gasteiger charge is -2.22. The van der Waals surface area contributed by atoms with Gasteiger partial charge in [0.2, 0.25) is 15.9 Å². The summed E-state index contributed by atoms with van der Waals surface area (Å²) in [5.74, 6) is -0.410. The highest BCUT2D eigenvalue weighted by Crippen LogP contribution is 2.24. The van der Waals surface area contributed by atoms with Crippen molar-refractivity contribution in [2.45, 2.75) is 0 Å². The Morgan fingerprint density at radius 1 is 1.04 bits per heavy atom. The number of anilines is 2.